The van der Waals surface area contributed by atoms with Crippen LogP contribution in [0.3, 0.4) is 0 Å². The van der Waals surface area contributed by atoms with E-state index < -0.39 is 51.2 Å². The Labute approximate surface area is 285 Å². The van der Waals surface area contributed by atoms with Gasteiger partial charge in [0.15, 0.2) is 0 Å². The second kappa shape index (κ2) is 27.1. The van der Waals surface area contributed by atoms with Crippen LogP contribution in [0.2, 0.25) is 0 Å². The monoisotopic (exact) mass is 816 g/mol. The van der Waals surface area contributed by atoms with Crippen LogP contribution in [0.5, 0.6) is 0 Å². The summed E-state index contributed by atoms with van der Waals surface area (Å²) >= 11 is 0. The molecule has 0 unspecified atom stereocenters. The zero-order chi connectivity index (χ0) is 37.5. The first kappa shape index (κ1) is 55.7. The van der Waals surface area contributed by atoms with Gasteiger partial charge in [0.05, 0.1) is 23.9 Å². The second-order valence-electron chi connectivity index (χ2n) is 8.41. The summed E-state index contributed by atoms with van der Waals surface area (Å²) in [4.78, 5) is 0. The molecule has 0 fully saturated rings. The van der Waals surface area contributed by atoms with Crippen molar-refractivity contribution in [1.82, 2.24) is 20.3 Å². The third-order valence-corrected chi connectivity index (χ3v) is 5.42. The van der Waals surface area contributed by atoms with Crippen molar-refractivity contribution in [3.63, 3.8) is 0 Å². The number of sulfonamides is 2. The first-order chi connectivity index (χ1) is 21.0. The third kappa shape index (κ3) is 61.1. The molecule has 0 spiro atoms. The van der Waals surface area contributed by atoms with Crippen LogP contribution in [-0.4, -0.2) is 119 Å². The van der Waals surface area contributed by atoms with E-state index in [-0.39, 0.29) is 11.0 Å². The maximum Gasteiger partial charge on any atom is 0.394 e. The number of hydrogen-bond donors (Lipinski definition) is 12. The quantitative estimate of drug-likeness (QED) is 0.0589. The van der Waals surface area contributed by atoms with Gasteiger partial charge < -0.3 is 21.8 Å². The summed E-state index contributed by atoms with van der Waals surface area (Å²) in [6, 6.07) is 15.7. The lowest BCUT2D eigenvalue weighted by Crippen LogP contribution is -2.33. The maximum atomic E-state index is 10.8. The van der Waals surface area contributed by atoms with Gasteiger partial charge in [-0.3, -0.25) is 27.3 Å². The van der Waals surface area contributed by atoms with Crippen molar-refractivity contribution >= 4 is 62.6 Å². The molecule has 0 aromatic heterocycles. The molecule has 2 rings (SSSR count). The van der Waals surface area contributed by atoms with E-state index in [2.05, 4.69) is 31.1 Å². The molecule has 292 valence electrons. The second-order valence-corrected chi connectivity index (χ2v) is 14.8. The average Bonchev–Trinajstić information content (AvgIpc) is 2.82. The summed E-state index contributed by atoms with van der Waals surface area (Å²) in [5, 5.41) is 0. The summed E-state index contributed by atoms with van der Waals surface area (Å²) in [7, 11) is -20.2. The van der Waals surface area contributed by atoms with Gasteiger partial charge in [-0.1, -0.05) is 36.4 Å². The van der Waals surface area contributed by atoms with Gasteiger partial charge in [-0.15, -0.1) is 0 Å². The smallest absolute Gasteiger partial charge is 0.394 e. The molecule has 0 saturated carbocycles. The minimum atomic E-state index is -4.67. The number of benzene rings is 2. The predicted octanol–water partition coefficient (Wildman–Crippen LogP) is -2.69. The third-order valence-electron chi connectivity index (χ3n) is 3.96. The summed E-state index contributed by atoms with van der Waals surface area (Å²) in [5.74, 6) is 0. The Morgan fingerprint density at radius 3 is 0.898 bits per heavy atom. The molecule has 0 amide bonds. The van der Waals surface area contributed by atoms with E-state index in [9.17, 15) is 16.8 Å². The number of nitrogens with one attached hydrogen (secondary N) is 6. The SMILES string of the molecule is Cc1ccccc1NNCCNS(C)(=O)=O.Cc1ccccc1NNCCNS(C)(=O)=O.O.O.O=S(=O)(O)O.O=S(=O)(O)O.O=S(=O)(O)O. The average molecular weight is 817 g/mol. The fourth-order valence-corrected chi connectivity index (χ4v) is 3.29. The number of hydrazine groups is 2. The molecule has 2 aromatic rings. The summed E-state index contributed by atoms with van der Waals surface area (Å²) in [5.41, 5.74) is 16.1. The van der Waals surface area contributed by atoms with Crippen molar-refractivity contribution in [2.45, 2.75) is 13.8 Å². The van der Waals surface area contributed by atoms with E-state index in [1.165, 1.54) is 0 Å². The number of para-hydroxylation sites is 2. The molecule has 0 aliphatic heterocycles. The lowest BCUT2D eigenvalue weighted by atomic mass is 10.2. The zero-order valence-corrected chi connectivity index (χ0v) is 30.3. The lowest BCUT2D eigenvalue weighted by Gasteiger charge is -2.10. The van der Waals surface area contributed by atoms with Crippen molar-refractivity contribution in [3.8, 4) is 0 Å². The molecule has 0 heterocycles. The maximum absolute atomic E-state index is 10.8. The summed E-state index contributed by atoms with van der Waals surface area (Å²) in [6.07, 6.45) is 2.28. The van der Waals surface area contributed by atoms with Crippen LogP contribution in [0.1, 0.15) is 11.1 Å². The molecule has 0 aliphatic rings. The number of aryl methyl sites for hydroxylation is 2. The summed E-state index contributed by atoms with van der Waals surface area (Å²) in [6.45, 7) is 5.75. The van der Waals surface area contributed by atoms with Crippen molar-refractivity contribution in [1.29, 1.82) is 0 Å². The molecule has 2 aromatic carbocycles. The first-order valence-corrected chi connectivity index (χ1v) is 20.0. The molecule has 49 heavy (non-hydrogen) atoms. The van der Waals surface area contributed by atoms with E-state index in [0.717, 1.165) is 35.0 Å². The normalized spacial score (nSPS) is 11.0. The van der Waals surface area contributed by atoms with E-state index >= 15 is 0 Å². The van der Waals surface area contributed by atoms with Crippen LogP contribution < -0.4 is 31.1 Å². The van der Waals surface area contributed by atoms with Crippen LogP contribution in [0.25, 0.3) is 0 Å². The van der Waals surface area contributed by atoms with Crippen LogP contribution in [-0.2, 0) is 51.2 Å². The van der Waals surface area contributed by atoms with Crippen LogP contribution >= 0.6 is 0 Å². The molecular formula is C20H44N6O18S5. The number of anilines is 2. The Kier molecular flexibility index (Phi) is 30.8. The Bertz CT molecular complexity index is 1550. The highest BCUT2D eigenvalue weighted by Crippen LogP contribution is 2.11. The molecule has 16 N–H and O–H groups in total. The fraction of sp³-hybridized carbons (Fsp3) is 0.400. The van der Waals surface area contributed by atoms with Gasteiger partial charge in [0, 0.05) is 26.2 Å². The Hall–Kier alpha value is -2.69. The molecule has 0 aliphatic carbocycles. The molecule has 0 atom stereocenters. The van der Waals surface area contributed by atoms with E-state index in [4.69, 9.17) is 52.6 Å². The van der Waals surface area contributed by atoms with Crippen molar-refractivity contribution in [2.24, 2.45) is 0 Å². The Morgan fingerprint density at radius 1 is 0.469 bits per heavy atom. The predicted molar refractivity (Wildman–Crippen MR) is 181 cm³/mol. The van der Waals surface area contributed by atoms with Gasteiger partial charge in [-0.05, 0) is 37.1 Å². The molecule has 24 nitrogen and oxygen atoms in total. The highest BCUT2D eigenvalue weighted by molar-refractivity contribution is 7.89. The van der Waals surface area contributed by atoms with Crippen LogP contribution in [0.4, 0.5) is 11.4 Å². The highest BCUT2D eigenvalue weighted by Gasteiger charge is 2.00. The molecule has 29 heteroatoms. The fourth-order valence-electron chi connectivity index (χ4n) is 2.34. The van der Waals surface area contributed by atoms with Gasteiger partial charge >= 0.3 is 31.2 Å². The van der Waals surface area contributed by atoms with Crippen molar-refractivity contribution in [2.75, 3.05) is 49.5 Å². The van der Waals surface area contributed by atoms with Crippen LogP contribution in [0, 0.1) is 13.8 Å². The molecule has 0 saturated heterocycles. The topological polar surface area (TPSA) is 427 Å². The van der Waals surface area contributed by atoms with E-state index in [1.54, 1.807) is 0 Å². The minimum absolute atomic E-state index is 0. The summed E-state index contributed by atoms with van der Waals surface area (Å²) < 4.78 is 143. The van der Waals surface area contributed by atoms with Gasteiger partial charge in [-0.2, -0.15) is 25.3 Å². The Morgan fingerprint density at radius 2 is 0.694 bits per heavy atom. The highest BCUT2D eigenvalue weighted by atomic mass is 32.3. The molecule has 0 bridgehead atoms. The largest absolute Gasteiger partial charge is 0.412 e. The van der Waals surface area contributed by atoms with Gasteiger partial charge in [0.2, 0.25) is 20.0 Å². The van der Waals surface area contributed by atoms with Crippen molar-refractivity contribution < 1.29 is 80.4 Å². The lowest BCUT2D eigenvalue weighted by molar-refractivity contribution is 0.378. The standard InChI is InChI=1S/2C10H17N3O2S.3H2O4S.2H2O/c2*1-9-5-3-4-6-10(9)13-11-7-8-12-16(2,14)15;3*1-5(2,3)4;;/h2*3-6,11-13H,7-8H2,1-2H3;3*(H2,1,2,3,4);2*1H2. The van der Waals surface area contributed by atoms with Gasteiger partial charge in [0.1, 0.15) is 0 Å². The first-order valence-electron chi connectivity index (χ1n) is 12.1. The Balaban J connectivity index is -0.000000182. The molecular weight excluding hydrogens is 773 g/mol. The van der Waals surface area contributed by atoms with Crippen molar-refractivity contribution in [3.05, 3.63) is 59.7 Å². The van der Waals surface area contributed by atoms with Crippen LogP contribution in [0.15, 0.2) is 48.5 Å². The van der Waals surface area contributed by atoms with E-state index in [1.807, 2.05) is 62.4 Å². The minimum Gasteiger partial charge on any atom is -0.412 e. The van der Waals surface area contributed by atoms with Gasteiger partial charge in [-0.25, -0.2) is 37.1 Å². The van der Waals surface area contributed by atoms with E-state index in [0.29, 0.717) is 26.2 Å². The van der Waals surface area contributed by atoms with Gasteiger partial charge in [0.25, 0.3) is 0 Å². The molecule has 0 radical (unpaired) electrons. The zero-order valence-electron chi connectivity index (χ0n) is 26.3. The number of rotatable bonds is 12. The number of hydrogen-bond acceptors (Lipinski definition) is 14.